The molecule has 2 N–H and O–H groups in total. The Balaban J connectivity index is 1.30. The third-order valence-electron chi connectivity index (χ3n) is 10.2. The fraction of sp³-hybridized carbons (Fsp3) is 0.385. The Bertz CT molecular complexity index is 1830. The Hall–Kier alpha value is -4.84. The summed E-state index contributed by atoms with van der Waals surface area (Å²) in [6.07, 6.45) is 6.03. The number of likely N-dealkylation sites (tertiary alicyclic amines) is 1. The lowest BCUT2D eigenvalue weighted by molar-refractivity contribution is -0.162. The number of allylic oxidation sites excluding steroid dienone is 1. The SMILES string of the molecule is COC[C@@H]1NC(=O)CC/C=C\[C@@H]2O[C@@]34C=CCN(c5ccc6ccccc6c5)C(=O)[C@@H]3N(CCCO)C(=O)[C@H]4[C@@H]2C(=O)O[C@H]1c1ccccc1. The van der Waals surface area contributed by atoms with Crippen molar-refractivity contribution in [1.29, 1.82) is 0 Å². The summed E-state index contributed by atoms with van der Waals surface area (Å²) >= 11 is 0. The number of nitrogens with zero attached hydrogens (tertiary/aromatic N) is 2. The maximum absolute atomic E-state index is 14.8. The molecule has 3 aromatic rings. The van der Waals surface area contributed by atoms with Crippen molar-refractivity contribution in [3.8, 4) is 0 Å². The molecule has 2 fully saturated rings. The molecule has 4 heterocycles. The second-order valence-electron chi connectivity index (χ2n) is 13.2. The number of methoxy groups -OCH3 is 1. The molecule has 0 saturated carbocycles. The van der Waals surface area contributed by atoms with Gasteiger partial charge < -0.3 is 34.4 Å². The quantitative estimate of drug-likeness (QED) is 0.287. The average molecular weight is 680 g/mol. The lowest BCUT2D eigenvalue weighted by Gasteiger charge is -2.35. The standard InChI is InChI=1S/C39H41N3O8/c1-48-24-29-34(26-12-3-2-4-13-26)49-38(47)32-30(15-7-8-16-31(44)40-29)50-39-19-9-20-41(28-18-17-25-11-5-6-14-27(25)23-28)37(46)35(39)42(21-10-22-43)36(45)33(32)39/h2-7,9,11-15,17-19,23,29-30,32-35,43H,8,10,16,20-22,24H2,1H3,(H,40,44)/b15-7-/t29-,30-,32+,33+,34-,35-,39+/m0/s1. The number of aliphatic hydroxyl groups is 1. The first kappa shape index (κ1) is 33.6. The molecule has 4 aliphatic heterocycles. The minimum atomic E-state index is -1.49. The molecule has 0 aromatic heterocycles. The van der Waals surface area contributed by atoms with Gasteiger partial charge in [0.25, 0.3) is 5.91 Å². The van der Waals surface area contributed by atoms with Crippen LogP contribution in [0.25, 0.3) is 10.8 Å². The molecule has 0 aliphatic carbocycles. The highest BCUT2D eigenvalue weighted by Crippen LogP contribution is 2.53. The van der Waals surface area contributed by atoms with Crippen molar-refractivity contribution in [1.82, 2.24) is 10.2 Å². The molecule has 11 heteroatoms. The number of rotatable bonds is 7. The Morgan fingerprint density at radius 2 is 1.74 bits per heavy atom. The van der Waals surface area contributed by atoms with Gasteiger partial charge in [0.2, 0.25) is 11.8 Å². The summed E-state index contributed by atoms with van der Waals surface area (Å²) in [6, 6.07) is 21.0. The number of hydrogen-bond donors (Lipinski definition) is 2. The number of amides is 3. The molecule has 0 radical (unpaired) electrons. The second-order valence-corrected chi connectivity index (χ2v) is 13.2. The Kier molecular flexibility index (Phi) is 9.54. The third-order valence-corrected chi connectivity index (χ3v) is 10.2. The average Bonchev–Trinajstić information content (AvgIpc) is 3.51. The van der Waals surface area contributed by atoms with E-state index < -0.39 is 53.6 Å². The van der Waals surface area contributed by atoms with E-state index in [1.165, 1.54) is 12.0 Å². The van der Waals surface area contributed by atoms with Crippen LogP contribution < -0.4 is 10.2 Å². The zero-order valence-corrected chi connectivity index (χ0v) is 27.9. The van der Waals surface area contributed by atoms with Crippen molar-refractivity contribution in [2.45, 2.75) is 49.2 Å². The highest BCUT2D eigenvalue weighted by molar-refractivity contribution is 6.06. The van der Waals surface area contributed by atoms with E-state index in [2.05, 4.69) is 5.32 Å². The van der Waals surface area contributed by atoms with E-state index >= 15 is 0 Å². The van der Waals surface area contributed by atoms with Crippen molar-refractivity contribution >= 4 is 40.2 Å². The van der Waals surface area contributed by atoms with E-state index in [4.69, 9.17) is 14.2 Å². The minimum Gasteiger partial charge on any atom is -0.455 e. The predicted octanol–water partition coefficient (Wildman–Crippen LogP) is 3.47. The van der Waals surface area contributed by atoms with Crippen LogP contribution in [0.4, 0.5) is 5.69 Å². The Morgan fingerprint density at radius 1 is 0.960 bits per heavy atom. The number of esters is 1. The van der Waals surface area contributed by atoms with Gasteiger partial charge in [-0.3, -0.25) is 19.2 Å². The van der Waals surface area contributed by atoms with Crippen LogP contribution >= 0.6 is 0 Å². The van der Waals surface area contributed by atoms with Gasteiger partial charge in [-0.05, 0) is 41.3 Å². The number of carbonyl (C=O) groups excluding carboxylic acids is 4. The molecular weight excluding hydrogens is 638 g/mol. The highest BCUT2D eigenvalue weighted by Gasteiger charge is 2.71. The monoisotopic (exact) mass is 679 g/mol. The van der Waals surface area contributed by atoms with Gasteiger partial charge in [0.1, 0.15) is 23.7 Å². The number of hydrogen-bond acceptors (Lipinski definition) is 8. The number of nitrogens with one attached hydrogen (secondary N) is 1. The maximum Gasteiger partial charge on any atom is 0.313 e. The van der Waals surface area contributed by atoms with Gasteiger partial charge in [-0.2, -0.15) is 0 Å². The predicted molar refractivity (Wildman–Crippen MR) is 185 cm³/mol. The van der Waals surface area contributed by atoms with Crippen molar-refractivity contribution in [2.75, 3.05) is 38.3 Å². The molecule has 7 atom stereocenters. The number of anilines is 1. The zero-order chi connectivity index (χ0) is 34.8. The second kappa shape index (κ2) is 14.2. The summed E-state index contributed by atoms with van der Waals surface area (Å²) in [6.45, 7) is 0.217. The number of cyclic esters (lactones) is 1. The Morgan fingerprint density at radius 3 is 2.52 bits per heavy atom. The van der Waals surface area contributed by atoms with Crippen LogP contribution in [0.1, 0.15) is 30.9 Å². The molecule has 0 unspecified atom stereocenters. The Labute approximate surface area is 290 Å². The summed E-state index contributed by atoms with van der Waals surface area (Å²) in [5.74, 6) is -3.85. The summed E-state index contributed by atoms with van der Waals surface area (Å²) in [7, 11) is 1.51. The molecule has 260 valence electrons. The summed E-state index contributed by atoms with van der Waals surface area (Å²) < 4.78 is 18.6. The van der Waals surface area contributed by atoms with Crippen molar-refractivity contribution < 1.29 is 38.5 Å². The normalized spacial score (nSPS) is 30.4. The van der Waals surface area contributed by atoms with Gasteiger partial charge in [-0.15, -0.1) is 0 Å². The van der Waals surface area contributed by atoms with Crippen LogP contribution in [0.2, 0.25) is 0 Å². The van der Waals surface area contributed by atoms with Gasteiger partial charge in [0, 0.05) is 38.9 Å². The fourth-order valence-electron chi connectivity index (χ4n) is 7.95. The van der Waals surface area contributed by atoms with Crippen LogP contribution in [0.15, 0.2) is 97.1 Å². The van der Waals surface area contributed by atoms with Crippen molar-refractivity contribution in [3.63, 3.8) is 0 Å². The molecule has 0 bridgehead atoms. The molecule has 7 rings (SSSR count). The van der Waals surface area contributed by atoms with Gasteiger partial charge in [-0.25, -0.2) is 0 Å². The summed E-state index contributed by atoms with van der Waals surface area (Å²) in [4.78, 5) is 60.1. The largest absolute Gasteiger partial charge is 0.455 e. The van der Waals surface area contributed by atoms with Crippen LogP contribution in [0.3, 0.4) is 0 Å². The molecule has 11 nitrogen and oxygen atoms in total. The number of aliphatic hydroxyl groups excluding tert-OH is 1. The molecule has 4 aliphatic rings. The van der Waals surface area contributed by atoms with Crippen molar-refractivity contribution in [2.24, 2.45) is 11.8 Å². The summed E-state index contributed by atoms with van der Waals surface area (Å²) in [5.41, 5.74) is -0.169. The number of carbonyl (C=O) groups is 4. The third kappa shape index (κ3) is 5.99. The smallest absolute Gasteiger partial charge is 0.313 e. The summed E-state index contributed by atoms with van der Waals surface area (Å²) in [5, 5.41) is 14.8. The van der Waals surface area contributed by atoms with E-state index in [0.29, 0.717) is 17.7 Å². The van der Waals surface area contributed by atoms with Gasteiger partial charge in [-0.1, -0.05) is 85.0 Å². The first-order valence-corrected chi connectivity index (χ1v) is 17.1. The van der Waals surface area contributed by atoms with E-state index in [-0.39, 0.29) is 51.0 Å². The molecule has 3 amide bonds. The van der Waals surface area contributed by atoms with Gasteiger partial charge in [0.05, 0.1) is 24.7 Å². The van der Waals surface area contributed by atoms with Crippen LogP contribution in [0.5, 0.6) is 0 Å². The lowest BCUT2D eigenvalue weighted by atomic mass is 9.77. The lowest BCUT2D eigenvalue weighted by Crippen LogP contribution is -2.55. The zero-order valence-electron chi connectivity index (χ0n) is 27.9. The van der Waals surface area contributed by atoms with E-state index in [0.717, 1.165) is 10.8 Å². The van der Waals surface area contributed by atoms with Gasteiger partial charge in [0.15, 0.2) is 0 Å². The first-order valence-electron chi connectivity index (χ1n) is 17.1. The first-order chi connectivity index (χ1) is 24.4. The van der Waals surface area contributed by atoms with E-state index in [9.17, 15) is 24.3 Å². The fourth-order valence-corrected chi connectivity index (χ4v) is 7.95. The molecule has 50 heavy (non-hydrogen) atoms. The minimum absolute atomic E-state index is 0.0736. The highest BCUT2D eigenvalue weighted by atomic mass is 16.6. The molecule has 1 spiro atoms. The van der Waals surface area contributed by atoms with Crippen LogP contribution in [-0.4, -0.2) is 90.9 Å². The van der Waals surface area contributed by atoms with E-state index in [1.807, 2.05) is 78.9 Å². The number of benzene rings is 3. The maximum atomic E-state index is 14.8. The molecule has 2 saturated heterocycles. The van der Waals surface area contributed by atoms with Gasteiger partial charge >= 0.3 is 5.97 Å². The van der Waals surface area contributed by atoms with Crippen LogP contribution in [0, 0.1) is 11.8 Å². The molecular formula is C39H41N3O8. The number of ether oxygens (including phenoxy) is 3. The van der Waals surface area contributed by atoms with E-state index in [1.54, 1.807) is 23.1 Å². The van der Waals surface area contributed by atoms with Crippen molar-refractivity contribution in [3.05, 3.63) is 103 Å². The topological polar surface area (TPSA) is 135 Å². The number of fused-ring (bicyclic) bond motifs is 3. The molecule has 3 aromatic carbocycles. The van der Waals surface area contributed by atoms with Crippen LogP contribution in [-0.2, 0) is 33.4 Å².